The van der Waals surface area contributed by atoms with Crippen LogP contribution in [-0.2, 0) is 11.3 Å². The minimum Gasteiger partial charge on any atom is -0.361 e. The summed E-state index contributed by atoms with van der Waals surface area (Å²) in [6.45, 7) is 6.14. The van der Waals surface area contributed by atoms with E-state index in [1.807, 2.05) is 26.8 Å². The highest BCUT2D eigenvalue weighted by atomic mass is 16.5. The van der Waals surface area contributed by atoms with E-state index in [9.17, 15) is 4.79 Å². The molecule has 0 fully saturated rings. The summed E-state index contributed by atoms with van der Waals surface area (Å²) in [5.74, 6) is 0.827. The van der Waals surface area contributed by atoms with Gasteiger partial charge in [-0.3, -0.25) is 4.79 Å². The van der Waals surface area contributed by atoms with Gasteiger partial charge in [-0.1, -0.05) is 5.16 Å². The number of carbonyl (C=O) groups excluding carboxylic acids is 1. The number of hydrogen-bond acceptors (Lipinski definition) is 4. The summed E-state index contributed by atoms with van der Waals surface area (Å²) in [5.41, 5.74) is 6.31. The van der Waals surface area contributed by atoms with E-state index in [0.717, 1.165) is 11.5 Å². The lowest BCUT2D eigenvalue weighted by molar-refractivity contribution is -0.130. The van der Waals surface area contributed by atoms with Crippen LogP contribution >= 0.6 is 0 Å². The van der Waals surface area contributed by atoms with Crippen molar-refractivity contribution in [1.29, 1.82) is 0 Å². The van der Waals surface area contributed by atoms with Gasteiger partial charge in [-0.15, -0.1) is 0 Å². The maximum atomic E-state index is 11.8. The quantitative estimate of drug-likeness (QED) is 0.844. The fraction of sp³-hybridized carbons (Fsp3) is 0.667. The Hall–Kier alpha value is -1.36. The fourth-order valence-corrected chi connectivity index (χ4v) is 1.44. The van der Waals surface area contributed by atoms with Gasteiger partial charge in [0.2, 0.25) is 5.91 Å². The lowest BCUT2D eigenvalue weighted by Crippen LogP contribution is -2.34. The highest BCUT2D eigenvalue weighted by molar-refractivity contribution is 5.75. The number of amides is 1. The minimum atomic E-state index is -0.305. The Labute approximate surface area is 102 Å². The molecule has 0 aliphatic carbocycles. The van der Waals surface area contributed by atoms with Crippen molar-refractivity contribution >= 4 is 5.91 Å². The second kappa shape index (κ2) is 5.31. The van der Waals surface area contributed by atoms with Crippen molar-refractivity contribution in [3.8, 4) is 0 Å². The predicted octanol–water partition coefficient (Wildman–Crippen LogP) is 1.46. The summed E-state index contributed by atoms with van der Waals surface area (Å²) in [6.07, 6.45) is 1.13. The minimum absolute atomic E-state index is 0.0733. The summed E-state index contributed by atoms with van der Waals surface area (Å²) in [4.78, 5) is 13.5. The molecule has 5 nitrogen and oxygen atoms in total. The maximum absolute atomic E-state index is 11.8. The van der Waals surface area contributed by atoms with Crippen LogP contribution in [0.2, 0.25) is 0 Å². The number of carbonyl (C=O) groups is 1. The first-order valence-electron chi connectivity index (χ1n) is 5.73. The van der Waals surface area contributed by atoms with Crippen molar-refractivity contribution < 1.29 is 9.32 Å². The number of rotatable bonds is 5. The zero-order valence-electron chi connectivity index (χ0n) is 11.0. The molecule has 0 aromatic carbocycles. The molecule has 5 heteroatoms. The van der Waals surface area contributed by atoms with E-state index in [-0.39, 0.29) is 11.4 Å². The molecule has 17 heavy (non-hydrogen) atoms. The largest absolute Gasteiger partial charge is 0.361 e. The molecule has 0 aliphatic heterocycles. The molecular weight excluding hydrogens is 218 g/mol. The summed E-state index contributed by atoms with van der Waals surface area (Å²) in [6, 6.07) is 1.83. The van der Waals surface area contributed by atoms with Crippen molar-refractivity contribution in [2.75, 3.05) is 7.05 Å². The van der Waals surface area contributed by atoms with Gasteiger partial charge in [0.15, 0.2) is 0 Å². The van der Waals surface area contributed by atoms with Crippen LogP contribution < -0.4 is 5.73 Å². The summed E-state index contributed by atoms with van der Waals surface area (Å²) in [5, 5.41) is 3.85. The van der Waals surface area contributed by atoms with Crippen LogP contribution in [0.15, 0.2) is 10.6 Å². The van der Waals surface area contributed by atoms with Crippen LogP contribution in [0.1, 0.15) is 38.1 Å². The van der Waals surface area contributed by atoms with Crippen molar-refractivity contribution in [3.05, 3.63) is 17.5 Å². The van der Waals surface area contributed by atoms with Crippen LogP contribution in [0, 0.1) is 6.92 Å². The first-order chi connectivity index (χ1) is 7.78. The standard InChI is InChI=1S/C12H21N3O2/c1-9-7-10(14-17-9)8-15(4)11(16)5-6-12(2,3)13/h7H,5-6,8,13H2,1-4H3. The Kier molecular flexibility index (Phi) is 4.28. The molecule has 0 atom stereocenters. The molecule has 1 aromatic heterocycles. The van der Waals surface area contributed by atoms with Gasteiger partial charge in [-0.05, 0) is 27.2 Å². The Balaban J connectivity index is 2.42. The molecule has 1 amide bonds. The molecule has 1 rings (SSSR count). The third kappa shape index (κ3) is 4.99. The van der Waals surface area contributed by atoms with Crippen LogP contribution in [-0.4, -0.2) is 28.6 Å². The molecule has 0 saturated heterocycles. The first-order valence-corrected chi connectivity index (χ1v) is 5.73. The third-order valence-corrected chi connectivity index (χ3v) is 2.48. The third-order valence-electron chi connectivity index (χ3n) is 2.48. The zero-order chi connectivity index (χ0) is 13.1. The highest BCUT2D eigenvalue weighted by Crippen LogP contribution is 2.10. The van der Waals surface area contributed by atoms with E-state index in [2.05, 4.69) is 5.16 Å². The molecular formula is C12H21N3O2. The van der Waals surface area contributed by atoms with E-state index in [0.29, 0.717) is 19.4 Å². The maximum Gasteiger partial charge on any atom is 0.222 e. The average Bonchev–Trinajstić information content (AvgIpc) is 2.59. The van der Waals surface area contributed by atoms with Gasteiger partial charge in [0.05, 0.1) is 6.54 Å². The second-order valence-electron chi connectivity index (χ2n) is 5.17. The number of aryl methyl sites for hydroxylation is 1. The molecule has 0 unspecified atom stereocenters. The molecule has 96 valence electrons. The van der Waals surface area contributed by atoms with Gasteiger partial charge < -0.3 is 15.2 Å². The SMILES string of the molecule is Cc1cc(CN(C)C(=O)CCC(C)(C)N)no1. The van der Waals surface area contributed by atoms with Crippen molar-refractivity contribution in [1.82, 2.24) is 10.1 Å². The molecule has 0 aliphatic rings. The Morgan fingerprint density at radius 2 is 2.24 bits per heavy atom. The molecule has 1 aromatic rings. The van der Waals surface area contributed by atoms with Gasteiger partial charge in [0, 0.05) is 25.1 Å². The summed E-state index contributed by atoms with van der Waals surface area (Å²) in [7, 11) is 1.76. The van der Waals surface area contributed by atoms with Gasteiger partial charge >= 0.3 is 0 Å². The molecule has 0 spiro atoms. The fourth-order valence-electron chi connectivity index (χ4n) is 1.44. The molecule has 1 heterocycles. The van der Waals surface area contributed by atoms with Crippen molar-refractivity contribution in [3.63, 3.8) is 0 Å². The Morgan fingerprint density at radius 1 is 1.59 bits per heavy atom. The average molecular weight is 239 g/mol. The van der Waals surface area contributed by atoms with Gasteiger partial charge in [-0.25, -0.2) is 0 Å². The van der Waals surface area contributed by atoms with Crippen LogP contribution in [0.3, 0.4) is 0 Å². The number of nitrogens with two attached hydrogens (primary N) is 1. The highest BCUT2D eigenvalue weighted by Gasteiger charge is 2.16. The Morgan fingerprint density at radius 3 is 2.71 bits per heavy atom. The van der Waals surface area contributed by atoms with Gasteiger partial charge in [-0.2, -0.15) is 0 Å². The van der Waals surface area contributed by atoms with E-state index in [1.165, 1.54) is 0 Å². The molecule has 0 radical (unpaired) electrons. The number of aromatic nitrogens is 1. The van der Waals surface area contributed by atoms with E-state index in [1.54, 1.807) is 11.9 Å². The van der Waals surface area contributed by atoms with Crippen LogP contribution in [0.4, 0.5) is 0 Å². The van der Waals surface area contributed by atoms with E-state index >= 15 is 0 Å². The molecule has 0 saturated carbocycles. The van der Waals surface area contributed by atoms with Crippen molar-refractivity contribution in [2.45, 2.75) is 45.7 Å². The van der Waals surface area contributed by atoms with Crippen LogP contribution in [0.25, 0.3) is 0 Å². The van der Waals surface area contributed by atoms with Gasteiger partial charge in [0.25, 0.3) is 0 Å². The monoisotopic (exact) mass is 239 g/mol. The van der Waals surface area contributed by atoms with E-state index in [4.69, 9.17) is 10.3 Å². The lowest BCUT2D eigenvalue weighted by atomic mass is 10.00. The van der Waals surface area contributed by atoms with Crippen molar-refractivity contribution in [2.24, 2.45) is 5.73 Å². The zero-order valence-corrected chi connectivity index (χ0v) is 11.0. The lowest BCUT2D eigenvalue weighted by Gasteiger charge is -2.20. The normalized spacial score (nSPS) is 11.6. The number of nitrogens with zero attached hydrogens (tertiary/aromatic N) is 2. The Bertz CT molecular complexity index is 379. The first kappa shape index (κ1) is 13.7. The predicted molar refractivity (Wildman–Crippen MR) is 65.2 cm³/mol. The topological polar surface area (TPSA) is 72.4 Å². The van der Waals surface area contributed by atoms with E-state index < -0.39 is 0 Å². The molecule has 2 N–H and O–H groups in total. The summed E-state index contributed by atoms with van der Waals surface area (Å²) >= 11 is 0. The summed E-state index contributed by atoms with van der Waals surface area (Å²) < 4.78 is 4.95. The second-order valence-corrected chi connectivity index (χ2v) is 5.17. The van der Waals surface area contributed by atoms with Gasteiger partial charge in [0.1, 0.15) is 11.5 Å². The smallest absolute Gasteiger partial charge is 0.222 e. The molecule has 0 bridgehead atoms. The van der Waals surface area contributed by atoms with Crippen LogP contribution in [0.5, 0.6) is 0 Å². The number of hydrogen-bond donors (Lipinski definition) is 1.